The smallest absolute Gasteiger partial charge is 0.227 e. The normalized spacial score (nSPS) is 26.0. The summed E-state index contributed by atoms with van der Waals surface area (Å²) in [7, 11) is -3.63. The van der Waals surface area contributed by atoms with Gasteiger partial charge in [0.1, 0.15) is 0 Å². The van der Waals surface area contributed by atoms with E-state index in [9.17, 15) is 8.42 Å². The first-order valence-electron chi connectivity index (χ1n) is 5.05. The van der Waals surface area contributed by atoms with Crippen molar-refractivity contribution in [2.24, 2.45) is 5.16 Å². The number of hydrogen-bond donors (Lipinski definition) is 0. The third-order valence-electron chi connectivity index (χ3n) is 2.63. The Kier molecular flexibility index (Phi) is 2.19. The van der Waals surface area contributed by atoms with Crippen LogP contribution in [-0.2, 0) is 19.4 Å². The summed E-state index contributed by atoms with van der Waals surface area (Å²) in [5.74, 6) is 0. The van der Waals surface area contributed by atoms with E-state index >= 15 is 0 Å². The summed E-state index contributed by atoms with van der Waals surface area (Å²) in [4.78, 5) is 5.19. The van der Waals surface area contributed by atoms with Crippen LogP contribution in [0, 0.1) is 0 Å². The van der Waals surface area contributed by atoms with E-state index in [0.29, 0.717) is 0 Å². The minimum atomic E-state index is -3.63. The van der Waals surface area contributed by atoms with Crippen LogP contribution in [0.1, 0.15) is 0 Å². The lowest BCUT2D eigenvalue weighted by Gasteiger charge is -2.09. The van der Waals surface area contributed by atoms with Gasteiger partial charge in [-0.05, 0) is 18.2 Å². The molecule has 2 heterocycles. The van der Waals surface area contributed by atoms with Crippen LogP contribution in [0.2, 0.25) is 0 Å². The second-order valence-electron chi connectivity index (χ2n) is 3.70. The molecule has 2 aliphatic heterocycles. The van der Waals surface area contributed by atoms with Crippen molar-refractivity contribution in [2.45, 2.75) is 17.1 Å². The average Bonchev–Trinajstić information content (AvgIpc) is 2.91. The van der Waals surface area contributed by atoms with Crippen molar-refractivity contribution in [3.63, 3.8) is 0 Å². The van der Waals surface area contributed by atoms with E-state index in [2.05, 4.69) is 5.16 Å². The Hall–Kier alpha value is -1.82. The molecule has 0 spiro atoms. The fraction of sp³-hybridized carbons (Fsp3) is 0.182. The van der Waals surface area contributed by atoms with Gasteiger partial charge < -0.3 is 9.57 Å². The van der Waals surface area contributed by atoms with Gasteiger partial charge in [0.15, 0.2) is 12.2 Å². The summed E-state index contributed by atoms with van der Waals surface area (Å²) >= 11 is 0. The number of benzene rings is 1. The first-order chi connectivity index (χ1) is 8.19. The largest absolute Gasteiger partial charge is 0.487 e. The number of sulfone groups is 1. The average molecular weight is 251 g/mol. The lowest BCUT2D eigenvalue weighted by molar-refractivity contribution is 0.0679. The fourth-order valence-electron chi connectivity index (χ4n) is 1.76. The molecule has 5 nitrogen and oxygen atoms in total. The first kappa shape index (κ1) is 10.3. The molecular weight excluding hydrogens is 242 g/mol. The van der Waals surface area contributed by atoms with Gasteiger partial charge in [-0.25, -0.2) is 8.42 Å². The number of hydrogen-bond acceptors (Lipinski definition) is 5. The van der Waals surface area contributed by atoms with Crippen LogP contribution < -0.4 is 0 Å². The Labute approximate surface area is 98.3 Å². The number of ether oxygens (including phenoxy) is 1. The predicted octanol–water partition coefficient (Wildman–Crippen LogP) is 1.09. The van der Waals surface area contributed by atoms with Gasteiger partial charge >= 0.3 is 0 Å². The van der Waals surface area contributed by atoms with E-state index in [1.165, 1.54) is 18.4 Å². The SMILES string of the molecule is O=S(=O)(C1=NOC2C=COC12)c1ccccc1. The maximum Gasteiger partial charge on any atom is 0.227 e. The highest BCUT2D eigenvalue weighted by Crippen LogP contribution is 2.27. The van der Waals surface area contributed by atoms with Crippen molar-refractivity contribution in [2.75, 3.05) is 0 Å². The Morgan fingerprint density at radius 2 is 1.94 bits per heavy atom. The van der Waals surface area contributed by atoms with Gasteiger partial charge in [-0.1, -0.05) is 23.4 Å². The van der Waals surface area contributed by atoms with E-state index in [-0.39, 0.29) is 9.94 Å². The van der Waals surface area contributed by atoms with E-state index in [1.807, 2.05) is 0 Å². The van der Waals surface area contributed by atoms with Crippen molar-refractivity contribution < 1.29 is 18.0 Å². The van der Waals surface area contributed by atoms with Crippen molar-refractivity contribution in [1.82, 2.24) is 0 Å². The zero-order chi connectivity index (χ0) is 11.9. The van der Waals surface area contributed by atoms with Gasteiger partial charge in [0.25, 0.3) is 0 Å². The second kappa shape index (κ2) is 3.59. The molecule has 0 aliphatic carbocycles. The number of oxime groups is 1. The molecule has 3 rings (SSSR count). The van der Waals surface area contributed by atoms with E-state index < -0.39 is 22.0 Å². The zero-order valence-corrected chi connectivity index (χ0v) is 9.50. The van der Waals surface area contributed by atoms with Crippen molar-refractivity contribution in [3.8, 4) is 0 Å². The Morgan fingerprint density at radius 3 is 2.71 bits per heavy atom. The number of nitrogens with zero attached hydrogens (tertiary/aromatic N) is 1. The minimum absolute atomic E-state index is 0.0706. The molecule has 2 aliphatic rings. The molecule has 0 aromatic heterocycles. The maximum absolute atomic E-state index is 12.3. The summed E-state index contributed by atoms with van der Waals surface area (Å²) in [5.41, 5.74) is 0. The summed E-state index contributed by atoms with van der Waals surface area (Å²) in [6.45, 7) is 0. The molecule has 2 unspecified atom stereocenters. The molecule has 0 amide bonds. The molecule has 17 heavy (non-hydrogen) atoms. The number of rotatable bonds is 1. The third-order valence-corrected chi connectivity index (χ3v) is 4.38. The van der Waals surface area contributed by atoms with Crippen molar-refractivity contribution >= 4 is 14.9 Å². The highest BCUT2D eigenvalue weighted by molar-refractivity contribution is 8.06. The Morgan fingerprint density at radius 1 is 1.18 bits per heavy atom. The van der Waals surface area contributed by atoms with E-state index in [4.69, 9.17) is 9.57 Å². The molecule has 0 bridgehead atoms. The summed E-state index contributed by atoms with van der Waals surface area (Å²) in [6.07, 6.45) is 2.00. The van der Waals surface area contributed by atoms with Gasteiger partial charge in [0, 0.05) is 0 Å². The minimum Gasteiger partial charge on any atom is -0.487 e. The molecule has 0 saturated heterocycles. The molecule has 0 N–H and O–H groups in total. The molecule has 6 heteroatoms. The van der Waals surface area contributed by atoms with Crippen LogP contribution in [0.4, 0.5) is 0 Å². The van der Waals surface area contributed by atoms with Crippen LogP contribution in [0.3, 0.4) is 0 Å². The molecule has 0 radical (unpaired) electrons. The quantitative estimate of drug-likeness (QED) is 0.749. The zero-order valence-electron chi connectivity index (χ0n) is 8.68. The van der Waals surface area contributed by atoms with Crippen LogP contribution in [-0.4, -0.2) is 25.7 Å². The van der Waals surface area contributed by atoms with E-state index in [1.54, 1.807) is 24.3 Å². The molecule has 1 aromatic rings. The molecule has 88 valence electrons. The van der Waals surface area contributed by atoms with Gasteiger partial charge in [-0.15, -0.1) is 0 Å². The fourth-order valence-corrected chi connectivity index (χ4v) is 3.16. The monoisotopic (exact) mass is 251 g/mol. The summed E-state index contributed by atoms with van der Waals surface area (Å²) in [6, 6.07) is 8.12. The standard InChI is InChI=1S/C11H9NO4S/c13-17(14,8-4-2-1-3-5-8)11-10-9(16-12-11)6-7-15-10/h1-7,9-10H. The van der Waals surface area contributed by atoms with E-state index in [0.717, 1.165) is 0 Å². The topological polar surface area (TPSA) is 65.0 Å². The molecular formula is C11H9NO4S. The van der Waals surface area contributed by atoms with Crippen molar-refractivity contribution in [1.29, 1.82) is 0 Å². The van der Waals surface area contributed by atoms with Gasteiger partial charge in [0.05, 0.1) is 11.2 Å². The van der Waals surface area contributed by atoms with Gasteiger partial charge in [0.2, 0.25) is 14.9 Å². The maximum atomic E-state index is 12.3. The highest BCUT2D eigenvalue weighted by atomic mass is 32.2. The lowest BCUT2D eigenvalue weighted by Crippen LogP contribution is -2.31. The molecule has 2 atom stereocenters. The summed E-state index contributed by atoms with van der Waals surface area (Å²) < 4.78 is 29.7. The predicted molar refractivity (Wildman–Crippen MR) is 59.9 cm³/mol. The van der Waals surface area contributed by atoms with Gasteiger partial charge in [-0.2, -0.15) is 0 Å². The van der Waals surface area contributed by atoms with Crippen LogP contribution >= 0.6 is 0 Å². The van der Waals surface area contributed by atoms with Crippen molar-refractivity contribution in [3.05, 3.63) is 42.7 Å². The van der Waals surface area contributed by atoms with Crippen LogP contribution in [0.5, 0.6) is 0 Å². The number of fused-ring (bicyclic) bond motifs is 1. The second-order valence-corrected chi connectivity index (χ2v) is 5.60. The van der Waals surface area contributed by atoms with Gasteiger partial charge in [-0.3, -0.25) is 0 Å². The Bertz CT molecular complexity index is 591. The van der Waals surface area contributed by atoms with Crippen LogP contribution in [0.25, 0.3) is 0 Å². The summed E-state index contributed by atoms with van der Waals surface area (Å²) in [5, 5.41) is 3.55. The molecule has 0 fully saturated rings. The Balaban J connectivity index is 2.00. The third kappa shape index (κ3) is 1.52. The van der Waals surface area contributed by atoms with Crippen LogP contribution in [0.15, 0.2) is 52.7 Å². The first-order valence-corrected chi connectivity index (χ1v) is 6.54. The molecule has 0 saturated carbocycles. The highest BCUT2D eigenvalue weighted by Gasteiger charge is 2.44. The lowest BCUT2D eigenvalue weighted by atomic mass is 10.2. The molecule has 1 aromatic carbocycles.